The van der Waals surface area contributed by atoms with E-state index in [2.05, 4.69) is 22.9 Å². The van der Waals surface area contributed by atoms with E-state index in [0.29, 0.717) is 6.54 Å². The second-order valence-corrected chi connectivity index (χ2v) is 6.77. The highest BCUT2D eigenvalue weighted by Crippen LogP contribution is 2.29. The van der Waals surface area contributed by atoms with Crippen LogP contribution in [0.2, 0.25) is 0 Å². The number of amides is 2. The summed E-state index contributed by atoms with van der Waals surface area (Å²) in [4.78, 5) is 25.3. The molecule has 5 nitrogen and oxygen atoms in total. The van der Waals surface area contributed by atoms with Gasteiger partial charge >= 0.3 is 0 Å². The lowest BCUT2D eigenvalue weighted by Crippen LogP contribution is -2.61. The summed E-state index contributed by atoms with van der Waals surface area (Å²) in [5.41, 5.74) is -0.659. The number of halogens is 1. The van der Waals surface area contributed by atoms with Gasteiger partial charge in [0.15, 0.2) is 0 Å². The molecule has 1 saturated heterocycles. The number of carbonyl (C=O) groups excluding carboxylic acids is 2. The standard InChI is InChI=1S/C17H31N3O2.ClH/c1-2-3-11-19-16(22)17(9-5-4-6-10-17)20-15(21)14-7-12-18-13-8-14;/h14,18H,2-13H2,1H3,(H,19,22)(H,20,21);1H. The van der Waals surface area contributed by atoms with Crippen molar-refractivity contribution in [3.63, 3.8) is 0 Å². The summed E-state index contributed by atoms with van der Waals surface area (Å²) in [6.07, 6.45) is 8.56. The predicted octanol–water partition coefficient (Wildman–Crippen LogP) is 2.14. The molecular weight excluding hydrogens is 314 g/mol. The van der Waals surface area contributed by atoms with Gasteiger partial charge in [-0.25, -0.2) is 0 Å². The largest absolute Gasteiger partial charge is 0.354 e. The SMILES string of the molecule is CCCCNC(=O)C1(NC(=O)C2CCNCC2)CCCCC1.Cl. The first-order chi connectivity index (χ1) is 10.7. The highest BCUT2D eigenvalue weighted by molar-refractivity contribution is 5.92. The Balaban J connectivity index is 0.00000264. The fourth-order valence-electron chi connectivity index (χ4n) is 3.53. The maximum Gasteiger partial charge on any atom is 0.245 e. The Morgan fingerprint density at radius 2 is 1.78 bits per heavy atom. The minimum absolute atomic E-state index is 0. The van der Waals surface area contributed by atoms with Crippen molar-refractivity contribution in [2.45, 2.75) is 70.3 Å². The average Bonchev–Trinajstić information content (AvgIpc) is 2.56. The Hall–Kier alpha value is -0.810. The molecule has 2 rings (SSSR count). The maximum atomic E-state index is 12.7. The van der Waals surface area contributed by atoms with Crippen molar-refractivity contribution in [2.75, 3.05) is 19.6 Å². The third kappa shape index (κ3) is 5.64. The Morgan fingerprint density at radius 1 is 1.13 bits per heavy atom. The molecule has 1 aliphatic heterocycles. The minimum Gasteiger partial charge on any atom is -0.354 e. The molecule has 1 heterocycles. The van der Waals surface area contributed by atoms with Crippen LogP contribution in [0.1, 0.15) is 64.7 Å². The van der Waals surface area contributed by atoms with Crippen molar-refractivity contribution in [1.82, 2.24) is 16.0 Å². The van der Waals surface area contributed by atoms with Crippen LogP contribution in [0.4, 0.5) is 0 Å². The monoisotopic (exact) mass is 345 g/mol. The molecule has 1 saturated carbocycles. The van der Waals surface area contributed by atoms with Gasteiger partial charge in [0.05, 0.1) is 0 Å². The number of hydrogen-bond acceptors (Lipinski definition) is 3. The molecule has 0 aromatic rings. The number of hydrogen-bond donors (Lipinski definition) is 3. The normalized spacial score (nSPS) is 21.1. The molecule has 0 radical (unpaired) electrons. The number of nitrogens with one attached hydrogen (secondary N) is 3. The lowest BCUT2D eigenvalue weighted by atomic mass is 9.80. The van der Waals surface area contributed by atoms with E-state index in [1.807, 2.05) is 0 Å². The minimum atomic E-state index is -0.659. The van der Waals surface area contributed by atoms with E-state index in [-0.39, 0.29) is 30.1 Å². The highest BCUT2D eigenvalue weighted by Gasteiger charge is 2.41. The lowest BCUT2D eigenvalue weighted by molar-refractivity contribution is -0.137. The maximum absolute atomic E-state index is 12.7. The first kappa shape index (κ1) is 20.2. The molecule has 23 heavy (non-hydrogen) atoms. The van der Waals surface area contributed by atoms with E-state index in [9.17, 15) is 9.59 Å². The zero-order chi connectivity index (χ0) is 15.8. The van der Waals surface area contributed by atoms with Crippen LogP contribution in [0.25, 0.3) is 0 Å². The number of rotatable bonds is 6. The second-order valence-electron chi connectivity index (χ2n) is 6.77. The van der Waals surface area contributed by atoms with E-state index in [0.717, 1.165) is 70.9 Å². The third-order valence-corrected chi connectivity index (χ3v) is 5.03. The van der Waals surface area contributed by atoms with Crippen LogP contribution in [-0.2, 0) is 9.59 Å². The molecule has 0 bridgehead atoms. The average molecular weight is 346 g/mol. The quantitative estimate of drug-likeness (QED) is 0.646. The van der Waals surface area contributed by atoms with Gasteiger partial charge in [-0.2, -0.15) is 0 Å². The Kier molecular flexibility index (Phi) is 8.92. The summed E-state index contributed by atoms with van der Waals surface area (Å²) in [7, 11) is 0. The van der Waals surface area contributed by atoms with E-state index in [4.69, 9.17) is 0 Å². The first-order valence-corrected chi connectivity index (χ1v) is 8.99. The van der Waals surface area contributed by atoms with E-state index < -0.39 is 5.54 Å². The van der Waals surface area contributed by atoms with Gasteiger partial charge in [0, 0.05) is 12.5 Å². The molecule has 0 unspecified atom stereocenters. The Morgan fingerprint density at radius 3 is 2.39 bits per heavy atom. The molecule has 2 fully saturated rings. The van der Waals surface area contributed by atoms with Gasteiger partial charge in [0.1, 0.15) is 5.54 Å². The fourth-order valence-corrected chi connectivity index (χ4v) is 3.53. The van der Waals surface area contributed by atoms with Crippen molar-refractivity contribution >= 4 is 24.2 Å². The molecular formula is C17H32ClN3O2. The summed E-state index contributed by atoms with van der Waals surface area (Å²) < 4.78 is 0. The predicted molar refractivity (Wildman–Crippen MR) is 94.7 cm³/mol. The van der Waals surface area contributed by atoms with Crippen molar-refractivity contribution in [3.8, 4) is 0 Å². The molecule has 0 atom stereocenters. The Bertz CT molecular complexity index is 378. The van der Waals surface area contributed by atoms with Crippen molar-refractivity contribution in [1.29, 1.82) is 0 Å². The van der Waals surface area contributed by atoms with Gasteiger partial charge in [0.25, 0.3) is 0 Å². The molecule has 1 aliphatic carbocycles. The van der Waals surface area contributed by atoms with E-state index in [1.165, 1.54) is 0 Å². The van der Waals surface area contributed by atoms with Crippen molar-refractivity contribution in [2.24, 2.45) is 5.92 Å². The van der Waals surface area contributed by atoms with Crippen LogP contribution in [0.15, 0.2) is 0 Å². The van der Waals surface area contributed by atoms with Crippen LogP contribution < -0.4 is 16.0 Å². The fraction of sp³-hybridized carbons (Fsp3) is 0.882. The molecule has 2 amide bonds. The van der Waals surface area contributed by atoms with Crippen LogP contribution in [0.3, 0.4) is 0 Å². The highest BCUT2D eigenvalue weighted by atomic mass is 35.5. The van der Waals surface area contributed by atoms with Crippen molar-refractivity contribution < 1.29 is 9.59 Å². The van der Waals surface area contributed by atoms with Gasteiger partial charge in [-0.1, -0.05) is 32.6 Å². The molecule has 2 aliphatic rings. The summed E-state index contributed by atoms with van der Waals surface area (Å²) in [6, 6.07) is 0. The lowest BCUT2D eigenvalue weighted by Gasteiger charge is -2.38. The van der Waals surface area contributed by atoms with Crippen LogP contribution >= 0.6 is 12.4 Å². The van der Waals surface area contributed by atoms with Gasteiger partial charge in [-0.05, 0) is 45.2 Å². The number of unbranched alkanes of at least 4 members (excludes halogenated alkanes) is 1. The zero-order valence-electron chi connectivity index (χ0n) is 14.3. The Labute approximate surface area is 146 Å². The van der Waals surface area contributed by atoms with Gasteiger partial charge < -0.3 is 16.0 Å². The van der Waals surface area contributed by atoms with Crippen LogP contribution in [-0.4, -0.2) is 37.0 Å². The third-order valence-electron chi connectivity index (χ3n) is 5.03. The summed E-state index contributed by atoms with van der Waals surface area (Å²) in [6.45, 7) is 4.61. The van der Waals surface area contributed by atoms with Gasteiger partial charge in [0.2, 0.25) is 11.8 Å². The summed E-state index contributed by atoms with van der Waals surface area (Å²) >= 11 is 0. The number of carbonyl (C=O) groups is 2. The zero-order valence-corrected chi connectivity index (χ0v) is 15.1. The van der Waals surface area contributed by atoms with Crippen LogP contribution in [0, 0.1) is 5.92 Å². The van der Waals surface area contributed by atoms with Crippen LogP contribution in [0.5, 0.6) is 0 Å². The van der Waals surface area contributed by atoms with Gasteiger partial charge in [-0.3, -0.25) is 9.59 Å². The topological polar surface area (TPSA) is 70.2 Å². The summed E-state index contributed by atoms with van der Waals surface area (Å²) in [5, 5.41) is 9.47. The molecule has 0 spiro atoms. The smallest absolute Gasteiger partial charge is 0.245 e. The molecule has 0 aromatic heterocycles. The van der Waals surface area contributed by atoms with Gasteiger partial charge in [-0.15, -0.1) is 12.4 Å². The second kappa shape index (κ2) is 10.1. The van der Waals surface area contributed by atoms with E-state index in [1.54, 1.807) is 0 Å². The summed E-state index contributed by atoms with van der Waals surface area (Å²) in [5.74, 6) is 0.167. The molecule has 6 heteroatoms. The molecule has 134 valence electrons. The molecule has 0 aromatic carbocycles. The van der Waals surface area contributed by atoms with E-state index >= 15 is 0 Å². The molecule has 3 N–H and O–H groups in total. The number of piperidine rings is 1. The first-order valence-electron chi connectivity index (χ1n) is 8.99. The van der Waals surface area contributed by atoms with Crippen molar-refractivity contribution in [3.05, 3.63) is 0 Å².